The number of benzene rings is 2. The molecule has 116 valence electrons. The first-order chi connectivity index (χ1) is 10.5. The summed E-state index contributed by atoms with van der Waals surface area (Å²) in [6.07, 6.45) is 0.499. The van der Waals surface area contributed by atoms with Gasteiger partial charge in [0.25, 0.3) is 0 Å². The predicted molar refractivity (Wildman–Crippen MR) is 81.0 cm³/mol. The summed E-state index contributed by atoms with van der Waals surface area (Å²) < 4.78 is 31.9. The molecule has 1 N–H and O–H groups in total. The molecule has 0 saturated carbocycles. The summed E-state index contributed by atoms with van der Waals surface area (Å²) in [6, 6.07) is 9.06. The van der Waals surface area contributed by atoms with E-state index in [0.29, 0.717) is 12.0 Å². The van der Waals surface area contributed by atoms with Gasteiger partial charge in [0.2, 0.25) is 5.91 Å². The molecule has 0 aliphatic carbocycles. The minimum absolute atomic E-state index is 0.138. The number of nitrogens with one attached hydrogen (secondary N) is 1. The molecule has 22 heavy (non-hydrogen) atoms. The van der Waals surface area contributed by atoms with Crippen molar-refractivity contribution in [1.29, 1.82) is 0 Å². The lowest BCUT2D eigenvalue weighted by Gasteiger charge is -2.08. The fourth-order valence-corrected chi connectivity index (χ4v) is 2.07. The van der Waals surface area contributed by atoms with E-state index in [9.17, 15) is 13.6 Å². The zero-order valence-corrected chi connectivity index (χ0v) is 12.5. The molecule has 0 saturated heterocycles. The van der Waals surface area contributed by atoms with Crippen molar-refractivity contribution in [3.05, 3.63) is 59.2 Å². The van der Waals surface area contributed by atoms with Crippen LogP contribution >= 0.6 is 0 Å². The first-order valence-corrected chi connectivity index (χ1v) is 6.88. The Labute approximate surface area is 127 Å². The lowest BCUT2D eigenvalue weighted by Crippen LogP contribution is -2.13. The number of carbonyl (C=O) groups excluding carboxylic acids is 1. The molecule has 0 radical (unpaired) electrons. The predicted octanol–water partition coefficient (Wildman–Crippen LogP) is 3.85. The topological polar surface area (TPSA) is 38.3 Å². The first-order valence-electron chi connectivity index (χ1n) is 6.88. The Bertz CT molecular complexity index is 686. The van der Waals surface area contributed by atoms with Crippen LogP contribution in [0.25, 0.3) is 0 Å². The van der Waals surface area contributed by atoms with Gasteiger partial charge < -0.3 is 10.1 Å². The van der Waals surface area contributed by atoms with Gasteiger partial charge in [-0.15, -0.1) is 0 Å². The van der Waals surface area contributed by atoms with Crippen LogP contribution in [-0.4, -0.2) is 13.0 Å². The highest BCUT2D eigenvalue weighted by Crippen LogP contribution is 2.19. The summed E-state index contributed by atoms with van der Waals surface area (Å²) in [5.41, 5.74) is 1.69. The summed E-state index contributed by atoms with van der Waals surface area (Å²) in [5, 5.41) is 2.53. The van der Waals surface area contributed by atoms with Gasteiger partial charge in [-0.2, -0.15) is 0 Å². The van der Waals surface area contributed by atoms with Crippen LogP contribution in [0.3, 0.4) is 0 Å². The molecule has 2 aromatic carbocycles. The number of rotatable bonds is 5. The second-order valence-electron chi connectivity index (χ2n) is 5.00. The molecule has 0 unspecified atom stereocenters. The van der Waals surface area contributed by atoms with Gasteiger partial charge in [-0.05, 0) is 48.7 Å². The Morgan fingerprint density at radius 3 is 2.59 bits per heavy atom. The first kappa shape index (κ1) is 15.9. The molecule has 5 heteroatoms. The number of hydrogen-bond donors (Lipinski definition) is 1. The molecule has 1 amide bonds. The maximum atomic E-state index is 13.6. The van der Waals surface area contributed by atoms with Gasteiger partial charge >= 0.3 is 0 Å². The van der Waals surface area contributed by atoms with Crippen molar-refractivity contribution < 1.29 is 18.3 Å². The van der Waals surface area contributed by atoms with Gasteiger partial charge in [-0.3, -0.25) is 4.79 Å². The standard InChI is InChI=1S/C17H17F2NO2/c1-11-3-6-13(18)15(9-11)20-17(21)8-5-12-4-7-16(22-2)14(19)10-12/h3-4,6-7,9-10H,5,8H2,1-2H3,(H,20,21). The largest absolute Gasteiger partial charge is 0.494 e. The normalized spacial score (nSPS) is 10.4. The van der Waals surface area contributed by atoms with Crippen molar-refractivity contribution in [3.63, 3.8) is 0 Å². The van der Waals surface area contributed by atoms with Crippen LogP contribution < -0.4 is 10.1 Å². The van der Waals surface area contributed by atoms with Gasteiger partial charge in [-0.25, -0.2) is 8.78 Å². The number of hydrogen-bond acceptors (Lipinski definition) is 2. The number of amides is 1. The molecule has 2 rings (SSSR count). The van der Waals surface area contributed by atoms with Crippen molar-refractivity contribution >= 4 is 11.6 Å². The number of anilines is 1. The van der Waals surface area contributed by atoms with Crippen LogP contribution in [0, 0.1) is 18.6 Å². The van der Waals surface area contributed by atoms with E-state index in [4.69, 9.17) is 4.74 Å². The fraction of sp³-hybridized carbons (Fsp3) is 0.235. The molecule has 0 bridgehead atoms. The number of halogens is 2. The van der Waals surface area contributed by atoms with E-state index < -0.39 is 11.6 Å². The van der Waals surface area contributed by atoms with Crippen molar-refractivity contribution in [2.45, 2.75) is 19.8 Å². The van der Waals surface area contributed by atoms with Crippen LogP contribution in [0.15, 0.2) is 36.4 Å². The van der Waals surface area contributed by atoms with E-state index in [-0.39, 0.29) is 23.8 Å². The highest BCUT2D eigenvalue weighted by molar-refractivity contribution is 5.91. The van der Waals surface area contributed by atoms with E-state index in [0.717, 1.165) is 5.56 Å². The van der Waals surface area contributed by atoms with Gasteiger partial charge in [0.05, 0.1) is 12.8 Å². The van der Waals surface area contributed by atoms with Crippen molar-refractivity contribution in [2.24, 2.45) is 0 Å². The molecule has 2 aromatic rings. The quantitative estimate of drug-likeness (QED) is 0.911. The van der Waals surface area contributed by atoms with E-state index >= 15 is 0 Å². The summed E-state index contributed by atoms with van der Waals surface area (Å²) in [6.45, 7) is 1.81. The van der Waals surface area contributed by atoms with Gasteiger partial charge in [0.15, 0.2) is 11.6 Å². The maximum absolute atomic E-state index is 13.6. The highest BCUT2D eigenvalue weighted by Gasteiger charge is 2.09. The minimum atomic E-state index is -0.477. The number of ether oxygens (including phenoxy) is 1. The second kappa shape index (κ2) is 7.02. The molecular weight excluding hydrogens is 288 g/mol. The Balaban J connectivity index is 1.95. The number of methoxy groups -OCH3 is 1. The Morgan fingerprint density at radius 1 is 1.14 bits per heavy atom. The van der Waals surface area contributed by atoms with Gasteiger partial charge in [-0.1, -0.05) is 12.1 Å². The maximum Gasteiger partial charge on any atom is 0.224 e. The van der Waals surface area contributed by atoms with Crippen LogP contribution in [-0.2, 0) is 11.2 Å². The van der Waals surface area contributed by atoms with Crippen LogP contribution in [0.5, 0.6) is 5.75 Å². The Kier molecular flexibility index (Phi) is 5.09. The van der Waals surface area contributed by atoms with Crippen molar-refractivity contribution in [3.8, 4) is 5.75 Å². The third-order valence-electron chi connectivity index (χ3n) is 3.25. The summed E-state index contributed by atoms with van der Waals surface area (Å²) in [5.74, 6) is -1.10. The molecule has 0 heterocycles. The monoisotopic (exact) mass is 305 g/mol. The van der Waals surface area contributed by atoms with Crippen molar-refractivity contribution in [2.75, 3.05) is 12.4 Å². The fourth-order valence-electron chi connectivity index (χ4n) is 2.07. The van der Waals surface area contributed by atoms with Gasteiger partial charge in [0.1, 0.15) is 5.82 Å². The van der Waals surface area contributed by atoms with Gasteiger partial charge in [0, 0.05) is 6.42 Å². The Morgan fingerprint density at radius 2 is 1.91 bits per heavy atom. The third kappa shape index (κ3) is 4.04. The lowest BCUT2D eigenvalue weighted by molar-refractivity contribution is -0.116. The van der Waals surface area contributed by atoms with E-state index in [1.165, 1.54) is 25.3 Å². The van der Waals surface area contributed by atoms with E-state index in [1.54, 1.807) is 18.2 Å². The molecule has 0 aliphatic heterocycles. The van der Waals surface area contributed by atoms with E-state index in [2.05, 4.69) is 5.32 Å². The summed E-state index contributed by atoms with van der Waals surface area (Å²) in [7, 11) is 1.39. The molecule has 0 aliphatic rings. The molecule has 0 atom stereocenters. The lowest BCUT2D eigenvalue weighted by atomic mass is 10.1. The minimum Gasteiger partial charge on any atom is -0.494 e. The van der Waals surface area contributed by atoms with Crippen LogP contribution in [0.4, 0.5) is 14.5 Å². The highest BCUT2D eigenvalue weighted by atomic mass is 19.1. The summed E-state index contributed by atoms with van der Waals surface area (Å²) >= 11 is 0. The molecule has 0 fully saturated rings. The van der Waals surface area contributed by atoms with Crippen LogP contribution in [0.1, 0.15) is 17.5 Å². The average Bonchev–Trinajstić information content (AvgIpc) is 2.49. The number of carbonyl (C=O) groups is 1. The Hall–Kier alpha value is -2.43. The molecule has 0 spiro atoms. The second-order valence-corrected chi connectivity index (χ2v) is 5.00. The van der Waals surface area contributed by atoms with E-state index in [1.807, 2.05) is 6.92 Å². The SMILES string of the molecule is COc1ccc(CCC(=O)Nc2cc(C)ccc2F)cc1F. The zero-order chi connectivity index (χ0) is 16.1. The smallest absolute Gasteiger partial charge is 0.224 e. The summed E-state index contributed by atoms with van der Waals surface area (Å²) in [4.78, 5) is 11.9. The van der Waals surface area contributed by atoms with Crippen molar-refractivity contribution in [1.82, 2.24) is 0 Å². The molecular formula is C17H17F2NO2. The third-order valence-corrected chi connectivity index (χ3v) is 3.25. The van der Waals surface area contributed by atoms with Crippen LogP contribution in [0.2, 0.25) is 0 Å². The molecule has 0 aromatic heterocycles. The number of aryl methyl sites for hydroxylation is 2. The zero-order valence-electron chi connectivity index (χ0n) is 12.5. The molecule has 3 nitrogen and oxygen atoms in total. The average molecular weight is 305 g/mol.